The summed E-state index contributed by atoms with van der Waals surface area (Å²) in [7, 11) is 0. The van der Waals surface area contributed by atoms with Gasteiger partial charge in [0.2, 0.25) is 0 Å². The van der Waals surface area contributed by atoms with Crippen molar-refractivity contribution >= 4 is 27.7 Å². The Labute approximate surface area is 162 Å². The number of halogens is 1. The number of esters is 1. The van der Waals surface area contributed by atoms with Crippen molar-refractivity contribution in [2.75, 3.05) is 6.61 Å². The predicted octanol–water partition coefficient (Wildman–Crippen LogP) is 4.55. The minimum atomic E-state index is -0.844. The number of Topliss-reactive ketones (excluding diaryl/α,β-unsaturated/α-hetero) is 1. The van der Waals surface area contributed by atoms with Gasteiger partial charge >= 0.3 is 5.97 Å². The molecule has 4 nitrogen and oxygen atoms in total. The van der Waals surface area contributed by atoms with Crippen LogP contribution < -0.4 is 0 Å². The van der Waals surface area contributed by atoms with Crippen molar-refractivity contribution in [3.8, 4) is 0 Å². The summed E-state index contributed by atoms with van der Waals surface area (Å²) in [5.41, 5.74) is 3.60. The van der Waals surface area contributed by atoms with Crippen LogP contribution in [0.2, 0.25) is 0 Å². The lowest BCUT2D eigenvalue weighted by Crippen LogP contribution is -2.33. The quantitative estimate of drug-likeness (QED) is 0.531. The first-order chi connectivity index (χ1) is 12.4. The number of ketones is 1. The minimum Gasteiger partial charge on any atom is -0.464 e. The van der Waals surface area contributed by atoms with Crippen molar-refractivity contribution in [2.24, 2.45) is 11.8 Å². The first-order valence-electron chi connectivity index (χ1n) is 8.85. The van der Waals surface area contributed by atoms with Crippen molar-refractivity contribution in [1.82, 2.24) is 0 Å². The van der Waals surface area contributed by atoms with Crippen LogP contribution in [-0.4, -0.2) is 24.5 Å². The van der Waals surface area contributed by atoms with Gasteiger partial charge in [-0.25, -0.2) is 4.79 Å². The van der Waals surface area contributed by atoms with Crippen LogP contribution in [0.3, 0.4) is 0 Å². The fourth-order valence-electron chi connectivity index (χ4n) is 3.88. The molecule has 1 unspecified atom stereocenters. The number of ether oxygens (including phenoxy) is 2. The normalized spacial score (nSPS) is 28.1. The van der Waals surface area contributed by atoms with Gasteiger partial charge in [-0.3, -0.25) is 4.79 Å². The van der Waals surface area contributed by atoms with Crippen LogP contribution in [0.15, 0.2) is 52.0 Å². The summed E-state index contributed by atoms with van der Waals surface area (Å²) >= 11 is 3.59. The predicted molar refractivity (Wildman–Crippen MR) is 103 cm³/mol. The Morgan fingerprint density at radius 2 is 2.04 bits per heavy atom. The van der Waals surface area contributed by atoms with E-state index in [2.05, 4.69) is 22.5 Å². The molecule has 1 aromatic rings. The SMILES string of the molecule is C=C(C)[C@H]1CC(=O)C(C)C2=C1[C@H](c1ccccc1Br)O[C@@H]2C(=O)OCC. The Kier molecular flexibility index (Phi) is 5.49. The number of rotatable bonds is 4. The first kappa shape index (κ1) is 19.1. The fourth-order valence-corrected chi connectivity index (χ4v) is 4.37. The highest BCUT2D eigenvalue weighted by molar-refractivity contribution is 9.10. The van der Waals surface area contributed by atoms with E-state index < -0.39 is 18.2 Å². The number of carbonyl (C=O) groups is 2. The van der Waals surface area contributed by atoms with Crippen molar-refractivity contribution in [2.45, 2.75) is 39.4 Å². The van der Waals surface area contributed by atoms with Gasteiger partial charge < -0.3 is 9.47 Å². The molecule has 3 rings (SSSR count). The summed E-state index contributed by atoms with van der Waals surface area (Å²) in [4.78, 5) is 25.2. The molecule has 1 aliphatic heterocycles. The van der Waals surface area contributed by atoms with Crippen molar-refractivity contribution in [3.05, 3.63) is 57.6 Å². The van der Waals surface area contributed by atoms with E-state index in [-0.39, 0.29) is 24.2 Å². The molecule has 0 amide bonds. The van der Waals surface area contributed by atoms with Crippen LogP contribution in [0.1, 0.15) is 38.9 Å². The summed E-state index contributed by atoms with van der Waals surface area (Å²) in [6.45, 7) is 9.90. The Hall–Kier alpha value is -1.72. The minimum absolute atomic E-state index is 0.113. The highest BCUT2D eigenvalue weighted by Crippen LogP contribution is 2.51. The molecule has 1 aromatic carbocycles. The standard InChI is InChI=1S/C21H23BrO4/c1-5-25-21(24)20-17-12(4)16(23)10-14(11(2)3)18(17)19(26-20)13-8-6-7-9-15(13)22/h6-9,12,14,19-20H,2,5,10H2,1,3-4H3/t12?,14-,19+,20+/m1/s1. The third kappa shape index (κ3) is 3.19. The second-order valence-corrected chi connectivity index (χ2v) is 7.73. The van der Waals surface area contributed by atoms with E-state index in [0.29, 0.717) is 6.42 Å². The van der Waals surface area contributed by atoms with Gasteiger partial charge in [0, 0.05) is 22.7 Å². The van der Waals surface area contributed by atoms with Gasteiger partial charge in [0.15, 0.2) is 6.10 Å². The van der Waals surface area contributed by atoms with Gasteiger partial charge in [0.25, 0.3) is 0 Å². The second kappa shape index (κ2) is 7.49. The molecule has 0 fully saturated rings. The highest BCUT2D eigenvalue weighted by atomic mass is 79.9. The van der Waals surface area contributed by atoms with Crippen molar-refractivity contribution in [3.63, 3.8) is 0 Å². The van der Waals surface area contributed by atoms with Gasteiger partial charge in [-0.15, -0.1) is 0 Å². The molecular formula is C21H23BrO4. The monoisotopic (exact) mass is 418 g/mol. The molecule has 138 valence electrons. The van der Waals surface area contributed by atoms with Crippen LogP contribution in [0, 0.1) is 11.8 Å². The molecule has 0 radical (unpaired) electrons. The molecule has 0 spiro atoms. The molecule has 26 heavy (non-hydrogen) atoms. The zero-order valence-electron chi connectivity index (χ0n) is 15.3. The lowest BCUT2D eigenvalue weighted by atomic mass is 9.71. The molecule has 0 bridgehead atoms. The molecule has 0 aromatic heterocycles. The summed E-state index contributed by atoms with van der Waals surface area (Å²) in [5, 5.41) is 0. The maximum Gasteiger partial charge on any atom is 0.339 e. The average Bonchev–Trinajstić information content (AvgIpc) is 2.99. The summed E-state index contributed by atoms with van der Waals surface area (Å²) in [6.07, 6.45) is -0.842. The zero-order chi connectivity index (χ0) is 19.0. The average molecular weight is 419 g/mol. The third-order valence-corrected chi connectivity index (χ3v) is 5.91. The van der Waals surface area contributed by atoms with Crippen LogP contribution in [0.5, 0.6) is 0 Å². The fraction of sp³-hybridized carbons (Fsp3) is 0.429. The van der Waals surface area contributed by atoms with Gasteiger partial charge in [0.1, 0.15) is 11.9 Å². The number of hydrogen-bond acceptors (Lipinski definition) is 4. The molecule has 5 heteroatoms. The molecule has 1 aliphatic carbocycles. The van der Waals surface area contributed by atoms with E-state index in [0.717, 1.165) is 26.8 Å². The highest BCUT2D eigenvalue weighted by Gasteiger charge is 2.49. The smallest absolute Gasteiger partial charge is 0.339 e. The number of allylic oxidation sites excluding steroid dienone is 1. The molecule has 0 N–H and O–H groups in total. The van der Waals surface area contributed by atoms with Gasteiger partial charge in [-0.05, 0) is 36.6 Å². The number of benzene rings is 1. The summed E-state index contributed by atoms with van der Waals surface area (Å²) in [5.74, 6) is -0.799. The lowest BCUT2D eigenvalue weighted by Gasteiger charge is -2.30. The van der Waals surface area contributed by atoms with E-state index in [1.54, 1.807) is 6.92 Å². The largest absolute Gasteiger partial charge is 0.464 e. The number of hydrogen-bond donors (Lipinski definition) is 0. The Morgan fingerprint density at radius 1 is 1.35 bits per heavy atom. The Balaban J connectivity index is 2.17. The Bertz CT molecular complexity index is 795. The van der Waals surface area contributed by atoms with E-state index in [1.807, 2.05) is 38.1 Å². The summed E-state index contributed by atoms with van der Waals surface area (Å²) < 4.78 is 12.4. The van der Waals surface area contributed by atoms with Gasteiger partial charge in [-0.2, -0.15) is 0 Å². The van der Waals surface area contributed by atoms with Crippen LogP contribution in [-0.2, 0) is 19.1 Å². The number of carbonyl (C=O) groups excluding carboxylic acids is 2. The molecule has 1 heterocycles. The molecule has 4 atom stereocenters. The van der Waals surface area contributed by atoms with Crippen LogP contribution in [0.4, 0.5) is 0 Å². The summed E-state index contributed by atoms with van der Waals surface area (Å²) in [6, 6.07) is 7.80. The third-order valence-electron chi connectivity index (χ3n) is 5.18. The van der Waals surface area contributed by atoms with Crippen molar-refractivity contribution < 1.29 is 19.1 Å². The topological polar surface area (TPSA) is 52.6 Å². The van der Waals surface area contributed by atoms with Gasteiger partial charge in [-0.1, -0.05) is 53.2 Å². The maximum atomic E-state index is 12.6. The van der Waals surface area contributed by atoms with E-state index in [9.17, 15) is 9.59 Å². The molecule has 2 aliphatic rings. The molecule has 0 saturated carbocycles. The van der Waals surface area contributed by atoms with Crippen LogP contribution in [0.25, 0.3) is 0 Å². The first-order valence-corrected chi connectivity index (χ1v) is 9.64. The van der Waals surface area contributed by atoms with E-state index in [1.165, 1.54) is 0 Å². The maximum absolute atomic E-state index is 12.6. The Morgan fingerprint density at radius 3 is 2.65 bits per heavy atom. The van der Waals surface area contributed by atoms with Gasteiger partial charge in [0.05, 0.1) is 6.61 Å². The zero-order valence-corrected chi connectivity index (χ0v) is 16.8. The molecular weight excluding hydrogens is 396 g/mol. The van der Waals surface area contributed by atoms with E-state index in [4.69, 9.17) is 9.47 Å². The lowest BCUT2D eigenvalue weighted by molar-refractivity contribution is -0.155. The second-order valence-electron chi connectivity index (χ2n) is 6.87. The van der Waals surface area contributed by atoms with Crippen LogP contribution >= 0.6 is 15.9 Å². The molecule has 0 saturated heterocycles. The van der Waals surface area contributed by atoms with E-state index >= 15 is 0 Å². The van der Waals surface area contributed by atoms with Crippen molar-refractivity contribution in [1.29, 1.82) is 0 Å².